The van der Waals surface area contributed by atoms with E-state index in [1.54, 1.807) is 0 Å². The van der Waals surface area contributed by atoms with Crippen molar-refractivity contribution < 1.29 is 14.1 Å². The average molecular weight is 270 g/mol. The number of nitrogen functional groups attached to an aromatic ring is 1. The van der Waals surface area contributed by atoms with Crippen LogP contribution in [0.1, 0.15) is 23.7 Å². The van der Waals surface area contributed by atoms with E-state index in [-0.39, 0.29) is 11.3 Å². The summed E-state index contributed by atoms with van der Waals surface area (Å²) in [5.41, 5.74) is 1.11. The van der Waals surface area contributed by atoms with Crippen LogP contribution in [0.3, 0.4) is 0 Å². The minimum Gasteiger partial charge on any atom is -0.341 e. The van der Waals surface area contributed by atoms with E-state index in [0.717, 1.165) is 6.07 Å². The van der Waals surface area contributed by atoms with Crippen LogP contribution in [0.2, 0.25) is 0 Å². The molecule has 8 heteroatoms. The van der Waals surface area contributed by atoms with E-state index < -0.39 is 22.3 Å². The van der Waals surface area contributed by atoms with Gasteiger partial charge in [-0.15, -0.1) is 0 Å². The second-order valence-electron chi connectivity index (χ2n) is 3.98. The highest BCUT2D eigenvalue weighted by Gasteiger charge is 2.25. The van der Waals surface area contributed by atoms with E-state index in [1.165, 1.54) is 11.9 Å². The van der Waals surface area contributed by atoms with E-state index in [4.69, 9.17) is 5.84 Å². The van der Waals surface area contributed by atoms with Gasteiger partial charge in [0.2, 0.25) is 0 Å². The molecule has 1 aromatic rings. The van der Waals surface area contributed by atoms with Crippen molar-refractivity contribution in [3.63, 3.8) is 0 Å². The third kappa shape index (κ3) is 3.16. The largest absolute Gasteiger partial charge is 0.341 e. The zero-order valence-corrected chi connectivity index (χ0v) is 10.6. The first-order chi connectivity index (χ1) is 8.92. The number of hydrogen-bond acceptors (Lipinski definition) is 5. The number of anilines is 1. The number of hydrogen-bond donors (Lipinski definition) is 2. The quantitative estimate of drug-likeness (QED) is 0.479. The van der Waals surface area contributed by atoms with Crippen LogP contribution in [0.4, 0.5) is 15.8 Å². The van der Waals surface area contributed by atoms with Crippen molar-refractivity contribution in [2.24, 2.45) is 5.84 Å². The summed E-state index contributed by atoms with van der Waals surface area (Å²) in [6, 6.07) is 1.73. The SMILES string of the molecule is CCCN(C)C(=O)c1cc(NN)c(F)cc1[N+](=O)[O-]. The lowest BCUT2D eigenvalue weighted by molar-refractivity contribution is -0.385. The normalized spacial score (nSPS) is 10.1. The number of carbonyl (C=O) groups is 1. The van der Waals surface area contributed by atoms with Crippen molar-refractivity contribution in [3.8, 4) is 0 Å². The first kappa shape index (κ1) is 14.8. The fourth-order valence-electron chi connectivity index (χ4n) is 1.64. The van der Waals surface area contributed by atoms with Crippen molar-refractivity contribution in [2.75, 3.05) is 19.0 Å². The lowest BCUT2D eigenvalue weighted by Gasteiger charge is -2.16. The molecule has 1 aromatic carbocycles. The van der Waals surface area contributed by atoms with Crippen LogP contribution < -0.4 is 11.3 Å². The number of halogens is 1. The van der Waals surface area contributed by atoms with Gasteiger partial charge < -0.3 is 10.3 Å². The van der Waals surface area contributed by atoms with Gasteiger partial charge in [0.15, 0.2) is 5.82 Å². The fraction of sp³-hybridized carbons (Fsp3) is 0.364. The van der Waals surface area contributed by atoms with Crippen LogP contribution in [0.5, 0.6) is 0 Å². The van der Waals surface area contributed by atoms with Gasteiger partial charge in [-0.2, -0.15) is 0 Å². The van der Waals surface area contributed by atoms with Crippen LogP contribution in [0.15, 0.2) is 12.1 Å². The Bertz CT molecular complexity index is 507. The summed E-state index contributed by atoms with van der Waals surface area (Å²) in [6.45, 7) is 2.31. The number of nitrogens with one attached hydrogen (secondary N) is 1. The minimum atomic E-state index is -0.885. The molecule has 0 bridgehead atoms. The zero-order valence-electron chi connectivity index (χ0n) is 10.6. The van der Waals surface area contributed by atoms with Crippen molar-refractivity contribution in [1.29, 1.82) is 0 Å². The molecule has 1 rings (SSSR count). The fourth-order valence-corrected chi connectivity index (χ4v) is 1.64. The molecule has 0 heterocycles. The van der Waals surface area contributed by atoms with E-state index in [2.05, 4.69) is 5.43 Å². The molecule has 19 heavy (non-hydrogen) atoms. The molecule has 0 aromatic heterocycles. The maximum absolute atomic E-state index is 13.4. The number of hydrazine groups is 1. The highest BCUT2D eigenvalue weighted by Crippen LogP contribution is 2.26. The van der Waals surface area contributed by atoms with Crippen molar-refractivity contribution in [3.05, 3.63) is 33.6 Å². The molecule has 104 valence electrons. The van der Waals surface area contributed by atoms with E-state index in [9.17, 15) is 19.3 Å². The summed E-state index contributed by atoms with van der Waals surface area (Å²) in [4.78, 5) is 23.5. The number of nitrogens with two attached hydrogens (primary N) is 1. The second kappa shape index (κ2) is 6.10. The lowest BCUT2D eigenvalue weighted by Crippen LogP contribution is -2.28. The van der Waals surface area contributed by atoms with Gasteiger partial charge in [0, 0.05) is 13.6 Å². The number of nitro benzene ring substituents is 1. The molecule has 0 aliphatic carbocycles. The Hall–Kier alpha value is -2.22. The van der Waals surface area contributed by atoms with Crippen molar-refractivity contribution in [1.82, 2.24) is 4.90 Å². The Morgan fingerprint density at radius 3 is 2.68 bits per heavy atom. The summed E-state index contributed by atoms with van der Waals surface area (Å²) in [6.07, 6.45) is 0.708. The first-order valence-corrected chi connectivity index (χ1v) is 5.62. The highest BCUT2D eigenvalue weighted by atomic mass is 19.1. The van der Waals surface area contributed by atoms with Gasteiger partial charge in [-0.3, -0.25) is 20.8 Å². The lowest BCUT2D eigenvalue weighted by atomic mass is 10.1. The predicted molar refractivity (Wildman–Crippen MR) is 68.1 cm³/mol. The third-order valence-corrected chi connectivity index (χ3v) is 2.57. The second-order valence-corrected chi connectivity index (χ2v) is 3.98. The number of nitro groups is 1. The molecule has 7 nitrogen and oxygen atoms in total. The monoisotopic (exact) mass is 270 g/mol. The number of carbonyl (C=O) groups excluding carboxylic acids is 1. The summed E-state index contributed by atoms with van der Waals surface area (Å²) in [5, 5.41) is 10.9. The van der Waals surface area contributed by atoms with Gasteiger partial charge in [-0.1, -0.05) is 6.92 Å². The maximum Gasteiger partial charge on any atom is 0.285 e. The van der Waals surface area contributed by atoms with E-state index >= 15 is 0 Å². The van der Waals surface area contributed by atoms with Crippen LogP contribution in [0, 0.1) is 15.9 Å². The number of amides is 1. The standard InChI is InChI=1S/C11H15FN4O3/c1-3-4-15(2)11(17)7-5-9(14-13)8(12)6-10(7)16(18)19/h5-6,14H,3-4,13H2,1-2H3. The van der Waals surface area contributed by atoms with E-state index in [0.29, 0.717) is 19.0 Å². The average Bonchev–Trinajstić information content (AvgIpc) is 2.37. The van der Waals surface area contributed by atoms with E-state index in [1.807, 2.05) is 6.92 Å². The van der Waals surface area contributed by atoms with Crippen LogP contribution >= 0.6 is 0 Å². The molecule has 0 aliphatic heterocycles. The molecule has 3 N–H and O–H groups in total. The summed E-state index contributed by atoms with van der Waals surface area (Å²) >= 11 is 0. The molecule has 0 spiro atoms. The van der Waals surface area contributed by atoms with Crippen molar-refractivity contribution >= 4 is 17.3 Å². The van der Waals surface area contributed by atoms with Gasteiger partial charge in [-0.25, -0.2) is 4.39 Å². The van der Waals surface area contributed by atoms with Gasteiger partial charge >= 0.3 is 0 Å². The van der Waals surface area contributed by atoms with Gasteiger partial charge in [0.25, 0.3) is 11.6 Å². The number of rotatable bonds is 5. The Balaban J connectivity index is 3.31. The van der Waals surface area contributed by atoms with Gasteiger partial charge in [0.1, 0.15) is 5.56 Å². The Kier molecular flexibility index (Phi) is 4.76. The molecule has 0 aliphatic rings. The zero-order chi connectivity index (χ0) is 14.6. The molecule has 0 saturated heterocycles. The maximum atomic E-state index is 13.4. The molecule has 1 amide bonds. The molecular weight excluding hydrogens is 255 g/mol. The van der Waals surface area contributed by atoms with Gasteiger partial charge in [0.05, 0.1) is 16.7 Å². The Morgan fingerprint density at radius 1 is 1.58 bits per heavy atom. The van der Waals surface area contributed by atoms with Crippen LogP contribution in [-0.4, -0.2) is 29.3 Å². The van der Waals surface area contributed by atoms with Gasteiger partial charge in [-0.05, 0) is 12.5 Å². The molecule has 0 fully saturated rings. The van der Waals surface area contributed by atoms with Crippen LogP contribution in [-0.2, 0) is 0 Å². The first-order valence-electron chi connectivity index (χ1n) is 5.62. The highest BCUT2D eigenvalue weighted by molar-refractivity contribution is 5.99. The number of benzene rings is 1. The molecular formula is C11H15FN4O3. The summed E-state index contributed by atoms with van der Waals surface area (Å²) in [5.74, 6) is 3.66. The third-order valence-electron chi connectivity index (χ3n) is 2.57. The molecule has 0 atom stereocenters. The predicted octanol–water partition coefficient (Wildman–Crippen LogP) is 1.50. The smallest absolute Gasteiger partial charge is 0.285 e. The summed E-state index contributed by atoms with van der Waals surface area (Å²) < 4.78 is 13.4. The van der Waals surface area contributed by atoms with Crippen molar-refractivity contribution in [2.45, 2.75) is 13.3 Å². The number of nitrogens with zero attached hydrogens (tertiary/aromatic N) is 2. The Labute approximate surface area is 109 Å². The Morgan fingerprint density at radius 2 is 2.21 bits per heavy atom. The summed E-state index contributed by atoms with van der Waals surface area (Å²) in [7, 11) is 1.52. The van der Waals surface area contributed by atoms with Crippen LogP contribution in [0.25, 0.3) is 0 Å². The minimum absolute atomic E-state index is 0.168. The molecule has 0 saturated carbocycles. The topological polar surface area (TPSA) is 102 Å². The molecule has 0 radical (unpaired) electrons. The molecule has 0 unspecified atom stereocenters.